The smallest absolute Gasteiger partial charge is 1.00 e. The van der Waals surface area contributed by atoms with Gasteiger partial charge < -0.3 is 54.9 Å². The zero-order valence-electron chi connectivity index (χ0n) is 5.24. The second-order valence-electron chi connectivity index (χ2n) is 0. The zero-order chi connectivity index (χ0) is 2.00. The second-order valence-corrected chi connectivity index (χ2v) is 0. The van der Waals surface area contributed by atoms with Crippen LogP contribution in [-0.4, -0.2) is 5.48 Å². The molecule has 0 aliphatic carbocycles. The fourth-order valence-corrected chi connectivity index (χ4v) is 0. The largest absolute Gasteiger partial charge is 3.00 e. The van der Waals surface area contributed by atoms with Crippen molar-refractivity contribution in [3.63, 3.8) is 0 Å². The number of halogens is 2. The van der Waals surface area contributed by atoms with E-state index < -0.39 is 0 Å². The first-order valence-corrected chi connectivity index (χ1v) is 0.183. The second kappa shape index (κ2) is 1950. The van der Waals surface area contributed by atoms with Gasteiger partial charge in [-0.3, -0.25) is 0 Å². The topological polar surface area (TPSA) is 209 Å². The van der Waals surface area contributed by atoms with E-state index in [0.29, 0.717) is 0 Å². The van der Waals surface area contributed by atoms with Gasteiger partial charge in [0.2, 0.25) is 0 Å². The van der Waals surface area contributed by atoms with Gasteiger partial charge in [-0.25, -0.2) is 0 Å². The summed E-state index contributed by atoms with van der Waals surface area (Å²) in [6, 6.07) is 0. The molecule has 0 aromatic carbocycles. The van der Waals surface area contributed by atoms with Gasteiger partial charge in [0.25, 0.3) is 0 Å². The Morgan fingerprint density at radius 3 is 0.700 bits per heavy atom. The first kappa shape index (κ1) is 380. The van der Waals surface area contributed by atoms with Crippen molar-refractivity contribution in [2.24, 2.45) is 0 Å². The molecule has 0 aromatic heterocycles. The maximum atomic E-state index is 7.25. The summed E-state index contributed by atoms with van der Waals surface area (Å²) in [7, 11) is 0. The van der Waals surface area contributed by atoms with Crippen molar-refractivity contribution < 1.29 is 49.8 Å². The van der Waals surface area contributed by atoms with E-state index in [1.54, 1.807) is 0 Å². The van der Waals surface area contributed by atoms with Crippen LogP contribution in [-0.2, 0) is 19.5 Å². The number of rotatable bonds is 0. The summed E-state index contributed by atoms with van der Waals surface area (Å²) in [5.41, 5.74) is 5.75. The number of hydrogen-bond acceptors (Lipinski definition) is 6. The van der Waals surface area contributed by atoms with Crippen LogP contribution in [0.1, 0.15) is 0 Å². The molecule has 0 aliphatic rings. The van der Waals surface area contributed by atoms with Crippen LogP contribution >= 0.6 is 0 Å². The van der Waals surface area contributed by atoms with Crippen molar-refractivity contribution in [1.29, 1.82) is 0 Å². The predicted octanol–water partition coefficient (Wildman–Crippen LogP) is -5.97. The van der Waals surface area contributed by atoms with Crippen LogP contribution in [0, 0.1) is 4.91 Å². The van der Waals surface area contributed by atoms with Crippen molar-refractivity contribution in [1.82, 2.24) is 30.2 Å². The molecular formula is H13Cl2N5O2Ru. The molecule has 13 N–H and O–H groups in total. The quantitative estimate of drug-likeness (QED) is 0.318. The van der Waals surface area contributed by atoms with Crippen LogP contribution in [0.25, 0.3) is 0 Å². The van der Waals surface area contributed by atoms with Crippen LogP contribution in [0.4, 0.5) is 0 Å². The minimum atomic E-state index is 0. The number of nitroso groups, excluding NO2 is 1. The van der Waals surface area contributed by atoms with Gasteiger partial charge in [-0.05, 0) is 0 Å². The van der Waals surface area contributed by atoms with E-state index in [9.17, 15) is 0 Å². The monoisotopic (exact) mass is 287 g/mol. The van der Waals surface area contributed by atoms with Gasteiger partial charge in [0.15, 0.2) is 0 Å². The molecule has 2 radical (unpaired) electrons. The summed E-state index contributed by atoms with van der Waals surface area (Å²) in [6.07, 6.45) is 0. The van der Waals surface area contributed by atoms with E-state index in [0.717, 1.165) is 0 Å². The van der Waals surface area contributed by atoms with Gasteiger partial charge in [-0.2, -0.15) is 0 Å². The molecule has 0 unspecified atom stereocenters. The molecule has 10 heavy (non-hydrogen) atoms. The van der Waals surface area contributed by atoms with E-state index >= 15 is 0 Å². The molecule has 0 amide bonds. The van der Waals surface area contributed by atoms with E-state index in [-0.39, 0.29) is 74.4 Å². The first-order valence-electron chi connectivity index (χ1n) is 0.183. The molecule has 10 heteroatoms. The number of hydrogen-bond donors (Lipinski definition) is 4. The van der Waals surface area contributed by atoms with E-state index in [1.165, 1.54) is 0 Å². The summed E-state index contributed by atoms with van der Waals surface area (Å²) in [6.45, 7) is 0. The van der Waals surface area contributed by atoms with Gasteiger partial charge in [-0.1, -0.05) is 0 Å². The summed E-state index contributed by atoms with van der Waals surface area (Å²) in [4.78, 5) is 7.25. The Balaban J connectivity index is -0.000000000179. The molecule has 0 fully saturated rings. The van der Waals surface area contributed by atoms with Crippen LogP contribution in [0.3, 0.4) is 0 Å². The zero-order valence-corrected chi connectivity index (χ0v) is 8.49. The summed E-state index contributed by atoms with van der Waals surface area (Å²) in [5.74, 6) is 0. The van der Waals surface area contributed by atoms with Crippen molar-refractivity contribution in [3.05, 3.63) is 4.91 Å². The van der Waals surface area contributed by atoms with Gasteiger partial charge in [0, 0.05) is 0 Å². The van der Waals surface area contributed by atoms with Gasteiger partial charge >= 0.3 is 19.5 Å². The Bertz CT molecular complexity index is 17.6. The summed E-state index contributed by atoms with van der Waals surface area (Å²) < 4.78 is 0. The summed E-state index contributed by atoms with van der Waals surface area (Å²) in [5, 5.41) is 0. The Kier molecular flexibility index (Phi) is 74300. The predicted molar refractivity (Wildman–Crippen MR) is 27.5 cm³/mol. The third-order valence-electron chi connectivity index (χ3n) is 0. The fraction of sp³-hybridized carbons (Fsp3) is 0. The van der Waals surface area contributed by atoms with Crippen LogP contribution in [0.15, 0.2) is 0 Å². The van der Waals surface area contributed by atoms with Crippen LogP contribution in [0.2, 0.25) is 0 Å². The maximum absolute atomic E-state index is 7.25. The first-order chi connectivity index (χ1) is 1.00. The Labute approximate surface area is 85.1 Å². The molecule has 0 saturated carbocycles. The van der Waals surface area contributed by atoms with Crippen molar-refractivity contribution in [2.45, 2.75) is 0 Å². The normalized spacial score (nSPS) is 0.400. The minimum absolute atomic E-state index is 0. The molecule has 0 spiro atoms. The number of nitrogens with zero attached hydrogens (tertiary/aromatic N) is 1. The van der Waals surface area contributed by atoms with Crippen molar-refractivity contribution in [3.8, 4) is 0 Å². The third-order valence-corrected chi connectivity index (χ3v) is 0. The maximum Gasteiger partial charge on any atom is 3.00 e. The van der Waals surface area contributed by atoms with Crippen LogP contribution < -0.4 is 55.0 Å². The molecule has 7 nitrogen and oxygen atoms in total. The average molecular weight is 287 g/mol. The molecule has 0 heterocycles. The van der Waals surface area contributed by atoms with Gasteiger partial charge in [0.05, 0.1) is 0 Å². The Hall–Kier alpha value is 0.603. The van der Waals surface area contributed by atoms with Gasteiger partial charge in [-0.15, -0.1) is 4.91 Å². The fourth-order valence-electron chi connectivity index (χ4n) is 0. The third kappa shape index (κ3) is 1370. The molecule has 0 saturated heterocycles. The molecular weight excluding hydrogens is 274 g/mol. The molecule has 0 atom stereocenters. The molecule has 0 bridgehead atoms. The minimum Gasteiger partial charge on any atom is -1.00 e. The van der Waals surface area contributed by atoms with Crippen LogP contribution in [0.5, 0.6) is 0 Å². The Morgan fingerprint density at radius 1 is 0.700 bits per heavy atom. The van der Waals surface area contributed by atoms with Crippen molar-refractivity contribution >= 4 is 0 Å². The molecule has 72 valence electrons. The van der Waals surface area contributed by atoms with E-state index in [2.05, 4.69) is 0 Å². The standard InChI is InChI=1S/2ClH.NO.4H3N.H2O.Ru/c;;1-2;;;;;;/h2*1H;;4*1H3;1H2;/q;;;;;;;;+3/p-3. The van der Waals surface area contributed by atoms with E-state index in [1.807, 2.05) is 0 Å². The van der Waals surface area contributed by atoms with Gasteiger partial charge in [0.1, 0.15) is 5.59 Å². The molecule has 0 aromatic rings. The van der Waals surface area contributed by atoms with Crippen molar-refractivity contribution in [2.75, 3.05) is 0 Å². The molecule has 0 rings (SSSR count). The van der Waals surface area contributed by atoms with E-state index in [4.69, 9.17) is 10.5 Å². The summed E-state index contributed by atoms with van der Waals surface area (Å²) >= 11 is 0. The molecule has 0 aliphatic heterocycles. The Morgan fingerprint density at radius 2 is 0.700 bits per heavy atom. The average Bonchev–Trinajstić information content (AvgIpc) is 1.00. The SMILES string of the molecule is N.N.N.N.[Cl-].[Cl-].[N]=O.[OH-].[Ru+3].